The lowest BCUT2D eigenvalue weighted by Gasteiger charge is -2.22. The van der Waals surface area contributed by atoms with Crippen molar-refractivity contribution in [2.24, 2.45) is 0 Å². The van der Waals surface area contributed by atoms with Gasteiger partial charge in [0.05, 0.1) is 30.2 Å². The summed E-state index contributed by atoms with van der Waals surface area (Å²) in [6.45, 7) is 0.545. The Morgan fingerprint density at radius 3 is 2.92 bits per heavy atom. The van der Waals surface area contributed by atoms with Gasteiger partial charge in [0, 0.05) is 12.4 Å². The summed E-state index contributed by atoms with van der Waals surface area (Å²) in [6.07, 6.45) is 3.20. The van der Waals surface area contributed by atoms with Crippen molar-refractivity contribution in [1.29, 1.82) is 0 Å². The van der Waals surface area contributed by atoms with E-state index in [1.165, 1.54) is 9.47 Å². The van der Waals surface area contributed by atoms with Crippen molar-refractivity contribution >= 4 is 27.8 Å². The van der Waals surface area contributed by atoms with Crippen molar-refractivity contribution in [3.05, 3.63) is 38.5 Å². The number of nitrogens with one attached hydrogen (secondary N) is 1. The predicted octanol–water partition coefficient (Wildman–Crippen LogP) is -0.292. The van der Waals surface area contributed by atoms with Gasteiger partial charge in [0.1, 0.15) is 11.9 Å². The molecule has 1 fully saturated rings. The molecule has 24 heavy (non-hydrogen) atoms. The maximum absolute atomic E-state index is 12.3. The van der Waals surface area contributed by atoms with Crippen molar-refractivity contribution in [3.8, 4) is 0 Å². The topological polar surface area (TPSA) is 138 Å². The Morgan fingerprint density at radius 1 is 1.46 bits per heavy atom. The number of H-pyrrole nitrogens is 1. The van der Waals surface area contributed by atoms with Crippen LogP contribution in [0.1, 0.15) is 22.4 Å². The highest BCUT2D eigenvalue weighted by atomic mass is 32.3. The average molecular weight is 373 g/mol. The Bertz CT molecular complexity index is 962. The van der Waals surface area contributed by atoms with Crippen LogP contribution in [0.3, 0.4) is 0 Å². The molecular formula is C11H11N5O6S2. The first-order valence-corrected chi connectivity index (χ1v) is 8.97. The third kappa shape index (κ3) is 2.41. The van der Waals surface area contributed by atoms with Gasteiger partial charge in [-0.2, -0.15) is 13.5 Å². The van der Waals surface area contributed by atoms with Crippen LogP contribution in [0.15, 0.2) is 17.2 Å². The zero-order chi connectivity index (χ0) is 17.1. The minimum atomic E-state index is -4.84. The molecule has 2 aromatic rings. The quantitative estimate of drug-likeness (QED) is 0.702. The number of carbonyl (C=O) groups is 1. The molecule has 0 spiro atoms. The predicted molar refractivity (Wildman–Crippen MR) is 79.3 cm³/mol. The number of aromatic nitrogens is 3. The van der Waals surface area contributed by atoms with Crippen molar-refractivity contribution in [2.45, 2.75) is 19.1 Å². The summed E-state index contributed by atoms with van der Waals surface area (Å²) in [5.41, 5.74) is 0.604. The fourth-order valence-electron chi connectivity index (χ4n) is 2.89. The normalized spacial score (nSPS) is 19.9. The summed E-state index contributed by atoms with van der Waals surface area (Å²) < 4.78 is 36.7. The number of imidazole rings is 1. The third-order valence-corrected chi connectivity index (χ3v) is 5.32. The number of nitrogens with zero attached hydrogens (tertiary/aromatic N) is 4. The maximum atomic E-state index is 12.3. The van der Waals surface area contributed by atoms with Gasteiger partial charge >= 0.3 is 21.3 Å². The number of amides is 2. The maximum Gasteiger partial charge on any atom is 0.418 e. The Kier molecular flexibility index (Phi) is 3.28. The van der Waals surface area contributed by atoms with E-state index in [4.69, 9.17) is 4.55 Å². The zero-order valence-electron chi connectivity index (χ0n) is 11.9. The molecule has 2 bridgehead atoms. The van der Waals surface area contributed by atoms with E-state index in [0.29, 0.717) is 21.5 Å². The molecule has 2 aliphatic rings. The standard InChI is InChI=1S/C11H11N5O6S2/c17-10-14-3-6-9(7(4-14)16(10)22-24(19,20)21)23-11(18)15(6)5-8-12-1-2-13-8/h1-2,7H,3-5H2,(H,12,13)(H,19,20,21). The van der Waals surface area contributed by atoms with E-state index >= 15 is 0 Å². The number of hydroxylamine groups is 2. The summed E-state index contributed by atoms with van der Waals surface area (Å²) in [5.74, 6) is 0.586. The summed E-state index contributed by atoms with van der Waals surface area (Å²) >= 11 is 0.919. The van der Waals surface area contributed by atoms with E-state index in [0.717, 1.165) is 11.3 Å². The Labute approximate surface area is 139 Å². The molecule has 0 radical (unpaired) electrons. The summed E-state index contributed by atoms with van der Waals surface area (Å²) in [6, 6.07) is -1.45. The van der Waals surface area contributed by atoms with Gasteiger partial charge in [0.15, 0.2) is 0 Å². The lowest BCUT2D eigenvalue weighted by molar-refractivity contribution is -0.0308. The molecule has 128 valence electrons. The smallest absolute Gasteiger partial charge is 0.347 e. The van der Waals surface area contributed by atoms with E-state index in [-0.39, 0.29) is 24.5 Å². The molecule has 2 aliphatic heterocycles. The Hall–Kier alpha value is -2.22. The first-order chi connectivity index (χ1) is 11.3. The van der Waals surface area contributed by atoms with Gasteiger partial charge in [-0.15, -0.1) is 4.28 Å². The molecule has 4 rings (SSSR count). The number of thiazole rings is 1. The number of urea groups is 1. The molecule has 0 aromatic carbocycles. The second kappa shape index (κ2) is 5.14. The number of hydrogen-bond acceptors (Lipinski definition) is 7. The van der Waals surface area contributed by atoms with Gasteiger partial charge in [-0.25, -0.2) is 9.78 Å². The van der Waals surface area contributed by atoms with Crippen molar-refractivity contribution in [3.63, 3.8) is 0 Å². The van der Waals surface area contributed by atoms with Crippen LogP contribution in [0.2, 0.25) is 0 Å². The van der Waals surface area contributed by atoms with Gasteiger partial charge in [-0.05, 0) is 0 Å². The van der Waals surface area contributed by atoms with Crippen LogP contribution >= 0.6 is 11.3 Å². The second-order valence-corrected chi connectivity index (χ2v) is 7.31. The zero-order valence-corrected chi connectivity index (χ0v) is 13.6. The Balaban J connectivity index is 1.74. The summed E-state index contributed by atoms with van der Waals surface area (Å²) in [7, 11) is -4.84. The van der Waals surface area contributed by atoms with Gasteiger partial charge in [0.2, 0.25) is 0 Å². The first kappa shape index (κ1) is 15.3. The molecular weight excluding hydrogens is 362 g/mol. The fraction of sp³-hybridized carbons (Fsp3) is 0.364. The third-order valence-electron chi connectivity index (χ3n) is 3.84. The van der Waals surface area contributed by atoms with E-state index in [1.54, 1.807) is 12.4 Å². The van der Waals surface area contributed by atoms with E-state index < -0.39 is 22.5 Å². The molecule has 1 atom stereocenters. The number of rotatable bonds is 4. The highest BCUT2D eigenvalue weighted by Crippen LogP contribution is 2.39. The lowest BCUT2D eigenvalue weighted by Crippen LogP contribution is -2.33. The van der Waals surface area contributed by atoms with E-state index in [9.17, 15) is 18.0 Å². The van der Waals surface area contributed by atoms with Gasteiger partial charge in [-0.3, -0.25) is 13.9 Å². The van der Waals surface area contributed by atoms with Crippen molar-refractivity contribution in [1.82, 2.24) is 24.5 Å². The van der Waals surface area contributed by atoms with Crippen molar-refractivity contribution in [2.75, 3.05) is 6.54 Å². The SMILES string of the molecule is O=C1N2Cc3c(sc(=O)n3Cc3ncc[nH]3)C(C2)N1OS(=O)(=O)O. The average Bonchev–Trinajstić information content (AvgIpc) is 3.17. The monoisotopic (exact) mass is 373 g/mol. The van der Waals surface area contributed by atoms with E-state index in [2.05, 4.69) is 14.3 Å². The molecule has 1 saturated heterocycles. The molecule has 13 heteroatoms. The molecule has 1 unspecified atom stereocenters. The number of hydrogen-bond donors (Lipinski definition) is 2. The van der Waals surface area contributed by atoms with E-state index in [1.807, 2.05) is 0 Å². The number of fused-ring (bicyclic) bond motifs is 4. The molecule has 2 amide bonds. The van der Waals surface area contributed by atoms with Gasteiger partial charge < -0.3 is 9.88 Å². The second-order valence-electron chi connectivity index (χ2n) is 5.31. The highest BCUT2D eigenvalue weighted by molar-refractivity contribution is 7.80. The Morgan fingerprint density at radius 2 is 2.25 bits per heavy atom. The summed E-state index contributed by atoms with van der Waals surface area (Å²) in [4.78, 5) is 33.1. The van der Waals surface area contributed by atoms with Crippen LogP contribution in [0, 0.1) is 0 Å². The molecule has 4 heterocycles. The van der Waals surface area contributed by atoms with Gasteiger partial charge in [-0.1, -0.05) is 11.3 Å². The molecule has 0 saturated carbocycles. The molecule has 11 nitrogen and oxygen atoms in total. The van der Waals surface area contributed by atoms with Crippen molar-refractivity contribution < 1.29 is 22.0 Å². The molecule has 2 N–H and O–H groups in total. The van der Waals surface area contributed by atoms with Crippen LogP contribution < -0.4 is 4.87 Å². The molecule has 2 aromatic heterocycles. The van der Waals surface area contributed by atoms with Gasteiger partial charge in [0.25, 0.3) is 0 Å². The first-order valence-electron chi connectivity index (χ1n) is 6.79. The van der Waals surface area contributed by atoms with Crippen LogP contribution in [0.5, 0.6) is 0 Å². The number of aromatic amines is 1. The summed E-state index contributed by atoms with van der Waals surface area (Å²) in [5, 5.41) is 0.592. The lowest BCUT2D eigenvalue weighted by atomic mass is 10.1. The minimum Gasteiger partial charge on any atom is -0.347 e. The van der Waals surface area contributed by atoms with Crippen LogP contribution in [0.4, 0.5) is 4.79 Å². The molecule has 0 aliphatic carbocycles. The van der Waals surface area contributed by atoms with Crippen LogP contribution in [0.25, 0.3) is 0 Å². The number of carbonyl (C=O) groups excluding carboxylic acids is 1. The highest BCUT2D eigenvalue weighted by Gasteiger charge is 2.48. The van der Waals surface area contributed by atoms with Crippen LogP contribution in [-0.2, 0) is 27.8 Å². The fourth-order valence-corrected chi connectivity index (χ4v) is 4.33. The minimum absolute atomic E-state index is 0.148. The largest absolute Gasteiger partial charge is 0.418 e. The van der Waals surface area contributed by atoms with Crippen LogP contribution in [-0.4, -0.2) is 50.0 Å².